The molecule has 0 aliphatic rings. The number of halogens is 1. The maximum atomic E-state index is 14.2. The minimum atomic E-state index is -0.689. The first kappa shape index (κ1) is 23.9. The van der Waals surface area contributed by atoms with Crippen LogP contribution < -0.4 is 5.32 Å². The van der Waals surface area contributed by atoms with Crippen molar-refractivity contribution in [1.82, 2.24) is 10.2 Å². The number of nitrogens with one attached hydrogen (secondary N) is 1. The Morgan fingerprint density at radius 1 is 1.10 bits per heavy atom. The number of amides is 2. The monoisotopic (exact) mass is 430 g/mol. The van der Waals surface area contributed by atoms with Crippen LogP contribution in [0.3, 0.4) is 0 Å². The normalized spacial score (nSPS) is 12.8. The van der Waals surface area contributed by atoms with Crippen LogP contribution in [0.5, 0.6) is 0 Å². The van der Waals surface area contributed by atoms with Gasteiger partial charge in [-0.25, -0.2) is 4.39 Å². The van der Waals surface area contributed by atoms with Gasteiger partial charge in [-0.3, -0.25) is 9.59 Å². The number of hydrogen-bond donors (Lipinski definition) is 1. The van der Waals surface area contributed by atoms with Crippen LogP contribution in [-0.2, 0) is 21.9 Å². The Bertz CT molecular complexity index is 841. The van der Waals surface area contributed by atoms with Gasteiger partial charge in [-0.05, 0) is 38.8 Å². The Balaban J connectivity index is 2.08. The Kier molecular flexibility index (Phi) is 9.37. The first-order chi connectivity index (χ1) is 14.3. The zero-order valence-electron chi connectivity index (χ0n) is 18.2. The molecule has 2 amide bonds. The number of carbonyl (C=O) groups excluding carboxylic acids is 2. The molecule has 0 heterocycles. The maximum absolute atomic E-state index is 14.2. The van der Waals surface area contributed by atoms with Crippen molar-refractivity contribution in [1.29, 1.82) is 0 Å². The number of hydrogen-bond acceptors (Lipinski definition) is 3. The van der Waals surface area contributed by atoms with E-state index in [1.807, 2.05) is 45.0 Å². The smallest absolute Gasteiger partial charge is 0.242 e. The quantitative estimate of drug-likeness (QED) is 0.594. The van der Waals surface area contributed by atoms with Crippen LogP contribution in [0.4, 0.5) is 4.39 Å². The summed E-state index contributed by atoms with van der Waals surface area (Å²) >= 11 is 1.49. The van der Waals surface area contributed by atoms with E-state index < -0.39 is 6.04 Å². The van der Waals surface area contributed by atoms with Crippen molar-refractivity contribution in [3.8, 4) is 0 Å². The molecule has 0 bridgehead atoms. The molecule has 2 rings (SSSR count). The fraction of sp³-hybridized carbons (Fsp3) is 0.417. The maximum Gasteiger partial charge on any atom is 0.242 e. The molecular weight excluding hydrogens is 399 g/mol. The minimum Gasteiger partial charge on any atom is -0.352 e. The standard InChI is InChI=1S/C24H31FN2O2S/c1-5-18(3)26-24(29)19(4)27(14-21-8-6-7-9-22(21)25)23(28)16-30-15-20-12-10-17(2)11-13-20/h6-13,18-19H,5,14-16H2,1-4H3,(H,26,29)/t18-,19-/m1/s1. The molecule has 6 heteroatoms. The van der Waals surface area contributed by atoms with Crippen LogP contribution in [0.25, 0.3) is 0 Å². The van der Waals surface area contributed by atoms with E-state index in [4.69, 9.17) is 0 Å². The van der Waals surface area contributed by atoms with Crippen LogP contribution in [0.1, 0.15) is 43.9 Å². The Labute approximate surface area is 183 Å². The number of nitrogens with zero attached hydrogens (tertiary/aromatic N) is 1. The van der Waals surface area contributed by atoms with E-state index in [9.17, 15) is 14.0 Å². The van der Waals surface area contributed by atoms with Gasteiger partial charge in [0.1, 0.15) is 11.9 Å². The molecule has 0 spiro atoms. The molecule has 0 aromatic heterocycles. The Morgan fingerprint density at radius 3 is 2.40 bits per heavy atom. The van der Waals surface area contributed by atoms with Gasteiger partial charge in [-0.2, -0.15) is 0 Å². The average molecular weight is 431 g/mol. The Hall–Kier alpha value is -2.34. The zero-order chi connectivity index (χ0) is 22.1. The predicted octanol–water partition coefficient (Wildman–Crippen LogP) is 4.70. The summed E-state index contributed by atoms with van der Waals surface area (Å²) in [4.78, 5) is 27.1. The van der Waals surface area contributed by atoms with Crippen LogP contribution in [-0.4, -0.2) is 34.6 Å². The molecule has 2 aromatic carbocycles. The van der Waals surface area contributed by atoms with E-state index >= 15 is 0 Å². The van der Waals surface area contributed by atoms with E-state index in [-0.39, 0.29) is 36.0 Å². The number of benzene rings is 2. The molecule has 0 saturated heterocycles. The van der Waals surface area contributed by atoms with Crippen molar-refractivity contribution < 1.29 is 14.0 Å². The highest BCUT2D eigenvalue weighted by Gasteiger charge is 2.27. The van der Waals surface area contributed by atoms with Crippen molar-refractivity contribution in [3.63, 3.8) is 0 Å². The Morgan fingerprint density at radius 2 is 1.77 bits per heavy atom. The lowest BCUT2D eigenvalue weighted by atomic mass is 10.1. The number of thioether (sulfide) groups is 1. The topological polar surface area (TPSA) is 49.4 Å². The second kappa shape index (κ2) is 11.7. The second-order valence-electron chi connectivity index (χ2n) is 7.59. The van der Waals surface area contributed by atoms with Crippen molar-refractivity contribution in [2.45, 2.75) is 58.5 Å². The van der Waals surface area contributed by atoms with Crippen molar-refractivity contribution in [2.75, 3.05) is 5.75 Å². The summed E-state index contributed by atoms with van der Waals surface area (Å²) in [5, 5.41) is 2.92. The molecule has 30 heavy (non-hydrogen) atoms. The van der Waals surface area contributed by atoms with Gasteiger partial charge in [0.05, 0.1) is 5.75 Å². The lowest BCUT2D eigenvalue weighted by molar-refractivity contribution is -0.139. The SMILES string of the molecule is CC[C@@H](C)NC(=O)[C@@H](C)N(Cc1ccccc1F)C(=O)CSCc1ccc(C)cc1. The molecule has 0 unspecified atom stereocenters. The fourth-order valence-electron chi connectivity index (χ4n) is 2.88. The highest BCUT2D eigenvalue weighted by Crippen LogP contribution is 2.17. The second-order valence-corrected chi connectivity index (χ2v) is 8.57. The van der Waals surface area contributed by atoms with Gasteiger partial charge in [0.15, 0.2) is 0 Å². The highest BCUT2D eigenvalue weighted by molar-refractivity contribution is 7.99. The summed E-state index contributed by atoms with van der Waals surface area (Å²) in [6, 6.07) is 13.9. The summed E-state index contributed by atoms with van der Waals surface area (Å²) in [6.45, 7) is 7.70. The van der Waals surface area contributed by atoms with Crippen molar-refractivity contribution >= 4 is 23.6 Å². The fourth-order valence-corrected chi connectivity index (χ4v) is 3.75. The summed E-state index contributed by atoms with van der Waals surface area (Å²) in [5.41, 5.74) is 2.73. The van der Waals surface area contributed by atoms with Crippen LogP contribution in [0.2, 0.25) is 0 Å². The molecule has 0 fully saturated rings. The molecule has 2 aromatic rings. The lowest BCUT2D eigenvalue weighted by Crippen LogP contribution is -2.50. The van der Waals surface area contributed by atoms with Crippen LogP contribution >= 0.6 is 11.8 Å². The molecule has 0 radical (unpaired) electrons. The molecular formula is C24H31FN2O2S. The molecule has 0 aliphatic carbocycles. The van der Waals surface area contributed by atoms with Gasteiger partial charge in [0.2, 0.25) is 11.8 Å². The third-order valence-corrected chi connectivity index (χ3v) is 6.07. The number of carbonyl (C=O) groups is 2. The van der Waals surface area contributed by atoms with Crippen molar-refractivity contribution in [2.24, 2.45) is 0 Å². The minimum absolute atomic E-state index is 0.0151. The first-order valence-corrected chi connectivity index (χ1v) is 11.4. The summed E-state index contributed by atoms with van der Waals surface area (Å²) in [7, 11) is 0. The average Bonchev–Trinajstić information content (AvgIpc) is 2.73. The van der Waals surface area contributed by atoms with Gasteiger partial charge >= 0.3 is 0 Å². The van der Waals surface area contributed by atoms with E-state index in [2.05, 4.69) is 5.32 Å². The summed E-state index contributed by atoms with van der Waals surface area (Å²) in [6.07, 6.45) is 0.798. The van der Waals surface area contributed by atoms with E-state index in [0.717, 1.165) is 12.0 Å². The molecule has 0 aliphatic heterocycles. The van der Waals surface area contributed by atoms with Crippen LogP contribution in [0.15, 0.2) is 48.5 Å². The highest BCUT2D eigenvalue weighted by atomic mass is 32.2. The molecule has 2 atom stereocenters. The number of rotatable bonds is 10. The summed E-state index contributed by atoms with van der Waals surface area (Å²) in [5.74, 6) is 0.146. The molecule has 4 nitrogen and oxygen atoms in total. The predicted molar refractivity (Wildman–Crippen MR) is 122 cm³/mol. The van der Waals surface area contributed by atoms with E-state index in [0.29, 0.717) is 11.3 Å². The third kappa shape index (κ3) is 7.17. The van der Waals surface area contributed by atoms with Crippen molar-refractivity contribution in [3.05, 3.63) is 71.0 Å². The summed E-state index contributed by atoms with van der Waals surface area (Å²) < 4.78 is 14.2. The van der Waals surface area contributed by atoms with Crippen LogP contribution in [0, 0.1) is 12.7 Å². The van der Waals surface area contributed by atoms with Gasteiger partial charge in [-0.15, -0.1) is 11.8 Å². The zero-order valence-corrected chi connectivity index (χ0v) is 19.0. The van der Waals surface area contributed by atoms with Gasteiger partial charge < -0.3 is 10.2 Å². The lowest BCUT2D eigenvalue weighted by Gasteiger charge is -2.29. The first-order valence-electron chi connectivity index (χ1n) is 10.3. The van der Waals surface area contributed by atoms with Gasteiger partial charge in [0, 0.05) is 23.9 Å². The van der Waals surface area contributed by atoms with E-state index in [1.165, 1.54) is 28.3 Å². The third-order valence-electron chi connectivity index (χ3n) is 5.08. The largest absolute Gasteiger partial charge is 0.352 e. The van der Waals surface area contributed by atoms with E-state index in [1.54, 1.807) is 25.1 Å². The van der Waals surface area contributed by atoms with Gasteiger partial charge in [-0.1, -0.05) is 55.0 Å². The number of aryl methyl sites for hydroxylation is 1. The van der Waals surface area contributed by atoms with Gasteiger partial charge in [0.25, 0.3) is 0 Å². The molecule has 1 N–H and O–H groups in total. The molecule has 0 saturated carbocycles. The molecule has 162 valence electrons.